The predicted octanol–water partition coefficient (Wildman–Crippen LogP) is 3.88. The van der Waals surface area contributed by atoms with E-state index in [2.05, 4.69) is 45.2 Å². The highest BCUT2D eigenvalue weighted by Gasteiger charge is 2.52. The smallest absolute Gasteiger partial charge is 0.166 e. The van der Waals surface area contributed by atoms with Crippen LogP contribution >= 0.6 is 23.5 Å². The number of nitrogens with zero attached hydrogens (tertiary/aromatic N) is 5. The van der Waals surface area contributed by atoms with Crippen LogP contribution < -0.4 is 0 Å². The van der Waals surface area contributed by atoms with Gasteiger partial charge in [-0.15, -0.1) is 10.2 Å². The van der Waals surface area contributed by atoms with Crippen molar-refractivity contribution in [2.45, 2.75) is 38.3 Å². The first-order valence-corrected chi connectivity index (χ1v) is 9.59. The maximum Gasteiger partial charge on any atom is 0.166 e. The van der Waals surface area contributed by atoms with E-state index >= 15 is 0 Å². The standard InChI is InChI=1S/C18H18ClN5S/c1-10-14-15(12-4-6-13(19)7-5-12)20-18(8-9-18)17-22-21-11(2)24(17)16(14)25-23(10)3/h4-7,10H,8-9H2,1-3H3. The molecular formula is C18H18ClN5S. The lowest BCUT2D eigenvalue weighted by Crippen LogP contribution is -2.25. The molecule has 7 heteroatoms. The summed E-state index contributed by atoms with van der Waals surface area (Å²) >= 11 is 7.86. The molecule has 5 rings (SSSR count). The summed E-state index contributed by atoms with van der Waals surface area (Å²) in [5.41, 5.74) is 3.21. The number of rotatable bonds is 1. The van der Waals surface area contributed by atoms with Crippen LogP contribution in [0.25, 0.3) is 5.03 Å². The Labute approximate surface area is 155 Å². The second-order valence-corrected chi connectivity index (χ2v) is 8.52. The summed E-state index contributed by atoms with van der Waals surface area (Å²) in [7, 11) is 2.12. The summed E-state index contributed by atoms with van der Waals surface area (Å²) in [5.74, 6) is 1.91. The van der Waals surface area contributed by atoms with Crippen molar-refractivity contribution in [3.8, 4) is 0 Å². The first-order valence-electron chi connectivity index (χ1n) is 8.44. The highest BCUT2D eigenvalue weighted by Crippen LogP contribution is 2.54. The van der Waals surface area contributed by atoms with Crippen molar-refractivity contribution in [1.29, 1.82) is 0 Å². The minimum atomic E-state index is -0.223. The molecule has 5 nitrogen and oxygen atoms in total. The molecule has 25 heavy (non-hydrogen) atoms. The van der Waals surface area contributed by atoms with E-state index in [0.29, 0.717) is 0 Å². The van der Waals surface area contributed by atoms with Crippen molar-refractivity contribution in [3.05, 3.63) is 52.1 Å². The van der Waals surface area contributed by atoms with Gasteiger partial charge in [0.1, 0.15) is 16.4 Å². The summed E-state index contributed by atoms with van der Waals surface area (Å²) in [6.45, 7) is 4.25. The van der Waals surface area contributed by atoms with Crippen molar-refractivity contribution in [2.75, 3.05) is 7.05 Å². The highest BCUT2D eigenvalue weighted by molar-refractivity contribution is 8.06. The summed E-state index contributed by atoms with van der Waals surface area (Å²) in [5, 5.41) is 10.8. The average molecular weight is 372 g/mol. The topological polar surface area (TPSA) is 46.3 Å². The molecule has 1 spiro atoms. The third-order valence-corrected chi connectivity index (χ3v) is 6.72. The normalized spacial score (nSPS) is 24.2. The van der Waals surface area contributed by atoms with Crippen LogP contribution in [0.5, 0.6) is 0 Å². The summed E-state index contributed by atoms with van der Waals surface area (Å²) in [6, 6.07) is 8.27. The lowest BCUT2D eigenvalue weighted by molar-refractivity contribution is 0.512. The van der Waals surface area contributed by atoms with E-state index in [0.717, 1.165) is 40.8 Å². The summed E-state index contributed by atoms with van der Waals surface area (Å²) < 4.78 is 4.49. The van der Waals surface area contributed by atoms with Gasteiger partial charge in [-0.25, -0.2) is 4.31 Å². The average Bonchev–Trinajstić information content (AvgIpc) is 3.21. The van der Waals surface area contributed by atoms with E-state index in [-0.39, 0.29) is 11.6 Å². The van der Waals surface area contributed by atoms with Crippen molar-refractivity contribution in [2.24, 2.45) is 4.99 Å². The molecule has 2 aromatic rings. The fourth-order valence-electron chi connectivity index (χ4n) is 3.60. The quantitative estimate of drug-likeness (QED) is 0.713. The Morgan fingerprint density at radius 1 is 1.20 bits per heavy atom. The van der Waals surface area contributed by atoms with Crippen LogP contribution in [-0.4, -0.2) is 37.9 Å². The molecule has 0 radical (unpaired) electrons. The second-order valence-electron chi connectivity index (χ2n) is 6.94. The van der Waals surface area contributed by atoms with Crippen molar-refractivity contribution >= 4 is 34.3 Å². The van der Waals surface area contributed by atoms with Gasteiger partial charge < -0.3 is 0 Å². The van der Waals surface area contributed by atoms with E-state index in [1.807, 2.05) is 19.1 Å². The zero-order valence-corrected chi connectivity index (χ0v) is 15.9. The Bertz CT molecular complexity index is 939. The molecule has 3 heterocycles. The largest absolute Gasteiger partial charge is 0.273 e. The van der Waals surface area contributed by atoms with E-state index in [1.54, 1.807) is 11.9 Å². The first-order chi connectivity index (χ1) is 12.0. The minimum absolute atomic E-state index is 0.223. The first kappa shape index (κ1) is 15.6. The maximum absolute atomic E-state index is 6.10. The van der Waals surface area contributed by atoms with Gasteiger partial charge in [-0.05, 0) is 57.8 Å². The van der Waals surface area contributed by atoms with Crippen LogP contribution in [0, 0.1) is 6.92 Å². The van der Waals surface area contributed by atoms with Crippen LogP contribution in [0.3, 0.4) is 0 Å². The summed E-state index contributed by atoms with van der Waals surface area (Å²) in [6.07, 6.45) is 2.05. The molecule has 1 fully saturated rings. The zero-order chi connectivity index (χ0) is 17.3. The monoisotopic (exact) mass is 371 g/mol. The fraction of sp³-hybridized carbons (Fsp3) is 0.389. The Balaban J connectivity index is 1.80. The van der Waals surface area contributed by atoms with Crippen LogP contribution in [0.1, 0.15) is 37.0 Å². The number of aromatic nitrogens is 3. The number of aryl methyl sites for hydroxylation is 1. The molecule has 0 bridgehead atoms. The molecule has 1 unspecified atom stereocenters. The number of aliphatic imine (C=N–C) groups is 1. The molecule has 2 aliphatic heterocycles. The minimum Gasteiger partial charge on any atom is -0.273 e. The third kappa shape index (κ3) is 2.17. The van der Waals surface area contributed by atoms with E-state index in [1.165, 1.54) is 10.6 Å². The molecule has 1 saturated carbocycles. The summed E-state index contributed by atoms with van der Waals surface area (Å²) in [4.78, 5) is 5.25. The fourth-order valence-corrected chi connectivity index (χ4v) is 4.93. The molecule has 0 saturated heterocycles. The Morgan fingerprint density at radius 3 is 2.60 bits per heavy atom. The van der Waals surface area contributed by atoms with Gasteiger partial charge in [-0.1, -0.05) is 23.7 Å². The lowest BCUT2D eigenvalue weighted by atomic mass is 9.97. The van der Waals surface area contributed by atoms with Gasteiger partial charge in [-0.2, -0.15) is 0 Å². The number of hydrogen-bond acceptors (Lipinski definition) is 5. The zero-order valence-electron chi connectivity index (χ0n) is 14.3. The Hall–Kier alpha value is -1.63. The van der Waals surface area contributed by atoms with Gasteiger partial charge in [-0.3, -0.25) is 9.56 Å². The van der Waals surface area contributed by atoms with Gasteiger partial charge in [0.15, 0.2) is 5.82 Å². The van der Waals surface area contributed by atoms with Crippen LogP contribution in [-0.2, 0) is 5.54 Å². The lowest BCUT2D eigenvalue weighted by Gasteiger charge is -2.19. The number of hydrogen-bond donors (Lipinski definition) is 0. The van der Waals surface area contributed by atoms with Gasteiger partial charge in [0.05, 0.1) is 5.71 Å². The number of benzene rings is 1. The molecule has 1 aromatic carbocycles. The van der Waals surface area contributed by atoms with E-state index < -0.39 is 0 Å². The van der Waals surface area contributed by atoms with E-state index in [4.69, 9.17) is 16.6 Å². The second kappa shape index (κ2) is 5.19. The van der Waals surface area contributed by atoms with Crippen LogP contribution in [0.4, 0.5) is 0 Å². The van der Waals surface area contributed by atoms with Gasteiger partial charge >= 0.3 is 0 Å². The number of halogens is 1. The predicted molar refractivity (Wildman–Crippen MR) is 102 cm³/mol. The third-order valence-electron chi connectivity index (χ3n) is 5.29. The molecule has 3 aliphatic rings. The highest BCUT2D eigenvalue weighted by atomic mass is 35.5. The molecule has 0 amide bonds. The van der Waals surface area contributed by atoms with Crippen LogP contribution in [0.15, 0.2) is 34.8 Å². The number of fused-ring (bicyclic) bond motifs is 3. The van der Waals surface area contributed by atoms with Gasteiger partial charge in [0, 0.05) is 22.2 Å². The number of likely N-dealkylation sites (N-methyl/N-ethyl adjacent to an activating group) is 1. The van der Waals surface area contributed by atoms with E-state index in [9.17, 15) is 0 Å². The maximum atomic E-state index is 6.10. The SMILES string of the molecule is Cc1nnc2n1C1=C(C(c3ccc(Cl)cc3)=NC23CC3)C(C)N(C)S1. The Kier molecular flexibility index (Phi) is 3.24. The van der Waals surface area contributed by atoms with Crippen molar-refractivity contribution in [3.63, 3.8) is 0 Å². The molecule has 1 atom stereocenters. The van der Waals surface area contributed by atoms with Crippen LogP contribution in [0.2, 0.25) is 5.02 Å². The molecule has 1 aromatic heterocycles. The van der Waals surface area contributed by atoms with Gasteiger partial charge in [0.2, 0.25) is 0 Å². The van der Waals surface area contributed by atoms with Gasteiger partial charge in [0.25, 0.3) is 0 Å². The molecule has 1 aliphatic carbocycles. The molecule has 128 valence electrons. The van der Waals surface area contributed by atoms with Crippen molar-refractivity contribution < 1.29 is 0 Å². The van der Waals surface area contributed by atoms with Crippen molar-refractivity contribution in [1.82, 2.24) is 19.1 Å². The molecular weight excluding hydrogens is 354 g/mol. The molecule has 0 N–H and O–H groups in total. The Morgan fingerprint density at radius 2 is 1.92 bits per heavy atom.